The average molecular weight is 360 g/mol. The highest BCUT2D eigenvalue weighted by molar-refractivity contribution is 7.90. The molecule has 1 fully saturated rings. The lowest BCUT2D eigenvalue weighted by Crippen LogP contribution is -2.43. The Morgan fingerprint density at radius 2 is 1.80 bits per heavy atom. The smallest absolute Gasteiger partial charge is 0.264 e. The van der Waals surface area contributed by atoms with Gasteiger partial charge in [0.1, 0.15) is 11.9 Å². The summed E-state index contributed by atoms with van der Waals surface area (Å²) in [6.07, 6.45) is 0.227. The molecule has 25 heavy (non-hydrogen) atoms. The maximum absolute atomic E-state index is 12.3. The van der Waals surface area contributed by atoms with Crippen molar-refractivity contribution in [3.05, 3.63) is 60.2 Å². The van der Waals surface area contributed by atoms with Crippen molar-refractivity contribution in [1.82, 2.24) is 10.0 Å². The molecule has 0 saturated carbocycles. The number of carbonyl (C=O) groups is 1. The third-order valence-corrected chi connectivity index (χ3v) is 5.38. The zero-order valence-corrected chi connectivity index (χ0v) is 14.6. The summed E-state index contributed by atoms with van der Waals surface area (Å²) in [6.45, 7) is 2.35. The standard InChI is InChI=1S/C18H20N2O4S/c1-13-7-9-16(10-8-13)25(22,23)20-18(21)17-11-15(12-19-17)24-14-5-3-2-4-6-14/h2-10,15,17,19H,11-12H2,1H3,(H,20,21)/t15-,17-/m0/s1. The monoisotopic (exact) mass is 360 g/mol. The third-order valence-electron chi connectivity index (χ3n) is 4.02. The Bertz CT molecular complexity index is 835. The van der Waals surface area contributed by atoms with Gasteiger partial charge in [0.2, 0.25) is 0 Å². The van der Waals surface area contributed by atoms with Gasteiger partial charge in [-0.05, 0) is 31.2 Å². The molecule has 1 saturated heterocycles. The van der Waals surface area contributed by atoms with Crippen LogP contribution in [0.5, 0.6) is 5.75 Å². The molecule has 0 unspecified atom stereocenters. The fraction of sp³-hybridized carbons (Fsp3) is 0.278. The minimum Gasteiger partial charge on any atom is -0.489 e. The van der Waals surface area contributed by atoms with Gasteiger partial charge in [-0.15, -0.1) is 0 Å². The first-order valence-corrected chi connectivity index (χ1v) is 9.51. The van der Waals surface area contributed by atoms with Crippen LogP contribution in [-0.4, -0.2) is 33.0 Å². The normalized spacial score (nSPS) is 20.2. The fourth-order valence-corrected chi connectivity index (χ4v) is 3.68. The van der Waals surface area contributed by atoms with Gasteiger partial charge in [-0.25, -0.2) is 13.1 Å². The predicted octanol–water partition coefficient (Wildman–Crippen LogP) is 1.61. The summed E-state index contributed by atoms with van der Waals surface area (Å²) in [5, 5.41) is 3.01. The number of rotatable bonds is 5. The molecule has 2 atom stereocenters. The SMILES string of the molecule is Cc1ccc(S(=O)(=O)NC(=O)[C@@H]2C[C@H](Oc3ccccc3)CN2)cc1. The molecule has 2 aromatic rings. The van der Waals surface area contributed by atoms with Crippen LogP contribution in [0.1, 0.15) is 12.0 Å². The van der Waals surface area contributed by atoms with E-state index in [2.05, 4.69) is 10.0 Å². The summed E-state index contributed by atoms with van der Waals surface area (Å²) in [6, 6.07) is 15.1. The molecule has 132 valence electrons. The fourth-order valence-electron chi connectivity index (χ4n) is 2.66. The van der Waals surface area contributed by atoms with Gasteiger partial charge >= 0.3 is 0 Å². The van der Waals surface area contributed by atoms with Crippen LogP contribution in [0, 0.1) is 6.92 Å². The Hall–Kier alpha value is -2.38. The lowest BCUT2D eigenvalue weighted by atomic mass is 10.2. The molecule has 0 aromatic heterocycles. The molecule has 2 N–H and O–H groups in total. The van der Waals surface area contributed by atoms with Gasteiger partial charge in [0, 0.05) is 13.0 Å². The number of carbonyl (C=O) groups excluding carboxylic acids is 1. The number of ether oxygens (including phenoxy) is 1. The van der Waals surface area contributed by atoms with Crippen LogP contribution < -0.4 is 14.8 Å². The van der Waals surface area contributed by atoms with E-state index < -0.39 is 22.0 Å². The molecule has 2 aromatic carbocycles. The van der Waals surface area contributed by atoms with E-state index >= 15 is 0 Å². The molecule has 0 spiro atoms. The second-order valence-electron chi connectivity index (χ2n) is 6.03. The first kappa shape index (κ1) is 17.4. The Labute approximate surface area is 147 Å². The molecule has 1 amide bonds. The summed E-state index contributed by atoms with van der Waals surface area (Å²) in [4.78, 5) is 12.4. The minimum absolute atomic E-state index is 0.0709. The van der Waals surface area contributed by atoms with Gasteiger partial charge in [0.25, 0.3) is 15.9 Å². The Balaban J connectivity index is 1.59. The van der Waals surface area contributed by atoms with E-state index in [1.54, 1.807) is 12.1 Å². The maximum Gasteiger partial charge on any atom is 0.264 e. The van der Waals surface area contributed by atoms with Crippen molar-refractivity contribution in [1.29, 1.82) is 0 Å². The molecule has 3 rings (SSSR count). The molecular formula is C18H20N2O4S. The van der Waals surface area contributed by atoms with Gasteiger partial charge in [0.05, 0.1) is 10.9 Å². The molecule has 1 aliphatic rings. The highest BCUT2D eigenvalue weighted by Gasteiger charge is 2.33. The zero-order chi connectivity index (χ0) is 17.9. The van der Waals surface area contributed by atoms with E-state index in [1.807, 2.05) is 37.3 Å². The summed E-state index contributed by atoms with van der Waals surface area (Å²) >= 11 is 0. The summed E-state index contributed by atoms with van der Waals surface area (Å²) < 4.78 is 32.5. The molecule has 6 nitrogen and oxygen atoms in total. The minimum atomic E-state index is -3.87. The number of aryl methyl sites for hydroxylation is 1. The van der Waals surface area contributed by atoms with Gasteiger partial charge in [-0.3, -0.25) is 4.79 Å². The molecule has 0 bridgehead atoms. The topological polar surface area (TPSA) is 84.5 Å². The van der Waals surface area contributed by atoms with Gasteiger partial charge in [0.15, 0.2) is 0 Å². The van der Waals surface area contributed by atoms with E-state index in [0.29, 0.717) is 13.0 Å². The number of nitrogens with one attached hydrogen (secondary N) is 2. The van der Waals surface area contributed by atoms with Gasteiger partial charge in [-0.2, -0.15) is 0 Å². The van der Waals surface area contributed by atoms with Crippen LogP contribution in [0.25, 0.3) is 0 Å². The van der Waals surface area contributed by atoms with E-state index in [0.717, 1.165) is 11.3 Å². The Morgan fingerprint density at radius 1 is 1.12 bits per heavy atom. The number of para-hydroxylation sites is 1. The van der Waals surface area contributed by atoms with Crippen molar-refractivity contribution < 1.29 is 17.9 Å². The van der Waals surface area contributed by atoms with E-state index in [-0.39, 0.29) is 11.0 Å². The first-order valence-electron chi connectivity index (χ1n) is 8.02. The summed E-state index contributed by atoms with van der Waals surface area (Å²) in [5.74, 6) is 0.155. The summed E-state index contributed by atoms with van der Waals surface area (Å²) in [5.41, 5.74) is 0.948. The Kier molecular flexibility index (Phi) is 5.06. The van der Waals surface area contributed by atoms with Crippen molar-refractivity contribution in [2.24, 2.45) is 0 Å². The van der Waals surface area contributed by atoms with Crippen LogP contribution in [0.3, 0.4) is 0 Å². The molecular weight excluding hydrogens is 340 g/mol. The number of benzene rings is 2. The van der Waals surface area contributed by atoms with Crippen LogP contribution in [0.2, 0.25) is 0 Å². The lowest BCUT2D eigenvalue weighted by Gasteiger charge is -2.13. The first-order chi connectivity index (χ1) is 11.9. The van der Waals surface area contributed by atoms with E-state index in [4.69, 9.17) is 4.74 Å². The van der Waals surface area contributed by atoms with Crippen LogP contribution >= 0.6 is 0 Å². The van der Waals surface area contributed by atoms with Crippen molar-refractivity contribution in [3.8, 4) is 5.75 Å². The molecule has 1 heterocycles. The average Bonchev–Trinajstić information content (AvgIpc) is 3.04. The van der Waals surface area contributed by atoms with Gasteiger partial charge < -0.3 is 10.1 Å². The second kappa shape index (κ2) is 7.25. The highest BCUT2D eigenvalue weighted by Crippen LogP contribution is 2.17. The zero-order valence-electron chi connectivity index (χ0n) is 13.8. The van der Waals surface area contributed by atoms with Crippen LogP contribution in [0.4, 0.5) is 0 Å². The van der Waals surface area contributed by atoms with Crippen molar-refractivity contribution >= 4 is 15.9 Å². The molecule has 0 aliphatic carbocycles. The van der Waals surface area contributed by atoms with E-state index in [1.165, 1.54) is 12.1 Å². The number of hydrogen-bond donors (Lipinski definition) is 2. The third kappa shape index (κ3) is 4.37. The van der Waals surface area contributed by atoms with E-state index in [9.17, 15) is 13.2 Å². The summed E-state index contributed by atoms with van der Waals surface area (Å²) in [7, 11) is -3.87. The van der Waals surface area contributed by atoms with Crippen molar-refractivity contribution in [3.63, 3.8) is 0 Å². The largest absolute Gasteiger partial charge is 0.489 e. The number of amides is 1. The molecule has 1 aliphatic heterocycles. The number of sulfonamides is 1. The molecule has 7 heteroatoms. The van der Waals surface area contributed by atoms with Crippen LogP contribution in [0.15, 0.2) is 59.5 Å². The Morgan fingerprint density at radius 3 is 2.48 bits per heavy atom. The van der Waals surface area contributed by atoms with Crippen molar-refractivity contribution in [2.45, 2.75) is 30.4 Å². The number of hydrogen-bond acceptors (Lipinski definition) is 5. The second-order valence-corrected chi connectivity index (χ2v) is 7.71. The quantitative estimate of drug-likeness (QED) is 0.846. The van der Waals surface area contributed by atoms with Gasteiger partial charge in [-0.1, -0.05) is 35.9 Å². The predicted molar refractivity (Wildman–Crippen MR) is 93.8 cm³/mol. The van der Waals surface area contributed by atoms with Crippen molar-refractivity contribution in [2.75, 3.05) is 6.54 Å². The lowest BCUT2D eigenvalue weighted by molar-refractivity contribution is -0.121. The molecule has 0 radical (unpaired) electrons. The maximum atomic E-state index is 12.3. The van der Waals surface area contributed by atoms with Crippen LogP contribution in [-0.2, 0) is 14.8 Å². The highest BCUT2D eigenvalue weighted by atomic mass is 32.2.